The molecule has 0 saturated heterocycles. The normalized spacial score (nSPS) is 12.5. The number of carbonyl (C=O) groups excluding carboxylic acids is 2. The Labute approximate surface area is 189 Å². The molecule has 0 aliphatic heterocycles. The molecule has 0 aliphatic carbocycles. The van der Waals surface area contributed by atoms with Crippen LogP contribution in [0, 0.1) is 0 Å². The van der Waals surface area contributed by atoms with Crippen molar-refractivity contribution in [1.82, 2.24) is 8.87 Å². The van der Waals surface area contributed by atoms with Gasteiger partial charge in [0.15, 0.2) is 4.80 Å². The van der Waals surface area contributed by atoms with Crippen LogP contribution in [0.3, 0.4) is 0 Å². The van der Waals surface area contributed by atoms with Gasteiger partial charge in [-0.15, -0.1) is 0 Å². The van der Waals surface area contributed by atoms with E-state index in [1.165, 1.54) is 56.8 Å². The molecule has 3 aromatic rings. The maximum absolute atomic E-state index is 12.8. The fourth-order valence-corrected chi connectivity index (χ4v) is 4.93. The molecule has 32 heavy (non-hydrogen) atoms. The summed E-state index contributed by atoms with van der Waals surface area (Å²) in [6.07, 6.45) is 0. The number of benzene rings is 2. The molecule has 0 saturated carbocycles. The highest BCUT2D eigenvalue weighted by molar-refractivity contribution is 7.89. The highest BCUT2D eigenvalue weighted by Gasteiger charge is 2.18. The van der Waals surface area contributed by atoms with Crippen molar-refractivity contribution in [3.63, 3.8) is 0 Å². The zero-order valence-corrected chi connectivity index (χ0v) is 19.7. The summed E-state index contributed by atoms with van der Waals surface area (Å²) in [4.78, 5) is 29.4. The van der Waals surface area contributed by atoms with Crippen molar-refractivity contribution in [2.24, 2.45) is 4.99 Å². The fourth-order valence-electron chi connectivity index (χ4n) is 2.93. The van der Waals surface area contributed by atoms with E-state index in [-0.39, 0.29) is 10.5 Å². The molecule has 170 valence electrons. The van der Waals surface area contributed by atoms with Gasteiger partial charge < -0.3 is 14.0 Å². The second kappa shape index (κ2) is 9.74. The van der Waals surface area contributed by atoms with Crippen LogP contribution in [-0.4, -0.2) is 64.1 Å². The minimum atomic E-state index is -3.59. The molecule has 0 atom stereocenters. The lowest BCUT2D eigenvalue weighted by Gasteiger charge is -2.11. The van der Waals surface area contributed by atoms with Gasteiger partial charge in [0.25, 0.3) is 5.91 Å². The van der Waals surface area contributed by atoms with E-state index in [0.717, 1.165) is 14.5 Å². The highest BCUT2D eigenvalue weighted by Crippen LogP contribution is 2.20. The van der Waals surface area contributed by atoms with Gasteiger partial charge in [-0.3, -0.25) is 4.79 Å². The number of sulfonamides is 1. The Morgan fingerprint density at radius 2 is 1.72 bits per heavy atom. The van der Waals surface area contributed by atoms with E-state index in [4.69, 9.17) is 9.47 Å². The Bertz CT molecular complexity index is 1320. The van der Waals surface area contributed by atoms with E-state index in [0.29, 0.717) is 23.5 Å². The molecule has 0 aliphatic rings. The van der Waals surface area contributed by atoms with E-state index in [9.17, 15) is 18.0 Å². The topological polar surface area (TPSA) is 107 Å². The van der Waals surface area contributed by atoms with Gasteiger partial charge in [0, 0.05) is 33.3 Å². The second-order valence-corrected chi connectivity index (χ2v) is 10.1. The van der Waals surface area contributed by atoms with E-state index < -0.39 is 21.9 Å². The molecule has 0 unspecified atom stereocenters. The Balaban J connectivity index is 2.04. The molecule has 1 aromatic heterocycles. The third-order valence-corrected chi connectivity index (χ3v) is 7.57. The molecule has 1 amide bonds. The molecule has 9 nitrogen and oxygen atoms in total. The summed E-state index contributed by atoms with van der Waals surface area (Å²) in [6, 6.07) is 10.8. The van der Waals surface area contributed by atoms with Crippen molar-refractivity contribution in [2.45, 2.75) is 11.4 Å². The quantitative estimate of drug-likeness (QED) is 0.483. The molecule has 0 radical (unpaired) electrons. The van der Waals surface area contributed by atoms with Gasteiger partial charge in [-0.2, -0.15) is 4.99 Å². The molecular weight excluding hydrogens is 454 g/mol. The monoisotopic (exact) mass is 477 g/mol. The Morgan fingerprint density at radius 3 is 2.31 bits per heavy atom. The number of amides is 1. The summed E-state index contributed by atoms with van der Waals surface area (Å²) >= 11 is 1.26. The number of esters is 1. The zero-order valence-electron chi connectivity index (χ0n) is 18.1. The molecule has 1 heterocycles. The average molecular weight is 478 g/mol. The maximum Gasteiger partial charge on any atom is 0.337 e. The van der Waals surface area contributed by atoms with Crippen molar-refractivity contribution < 1.29 is 27.5 Å². The van der Waals surface area contributed by atoms with Crippen LogP contribution in [-0.2, 0) is 26.0 Å². The largest absolute Gasteiger partial charge is 0.465 e. The number of aromatic nitrogens is 1. The SMILES string of the molecule is COCCn1c(=NC(=O)c2ccc(S(=O)(=O)N(C)C)cc2)sc2cc(C(=O)OC)ccc21. The van der Waals surface area contributed by atoms with Crippen LogP contribution in [0.25, 0.3) is 10.2 Å². The number of nitrogens with zero attached hydrogens (tertiary/aromatic N) is 3. The number of ether oxygens (including phenoxy) is 2. The van der Waals surface area contributed by atoms with Gasteiger partial charge in [0.05, 0.1) is 34.4 Å². The van der Waals surface area contributed by atoms with E-state index >= 15 is 0 Å². The predicted octanol–water partition coefficient (Wildman–Crippen LogP) is 2.13. The number of hydrogen-bond acceptors (Lipinski definition) is 7. The Morgan fingerprint density at radius 1 is 1.06 bits per heavy atom. The van der Waals surface area contributed by atoms with Crippen LogP contribution in [0.5, 0.6) is 0 Å². The number of fused-ring (bicyclic) bond motifs is 1. The molecule has 0 bridgehead atoms. The summed E-state index contributed by atoms with van der Waals surface area (Å²) in [5.74, 6) is -0.962. The lowest BCUT2D eigenvalue weighted by Crippen LogP contribution is -2.22. The first-order valence-electron chi connectivity index (χ1n) is 9.51. The van der Waals surface area contributed by atoms with E-state index in [2.05, 4.69) is 4.99 Å². The summed E-state index contributed by atoms with van der Waals surface area (Å²) in [6.45, 7) is 0.864. The number of carbonyl (C=O) groups is 2. The van der Waals surface area contributed by atoms with Crippen molar-refractivity contribution in [3.8, 4) is 0 Å². The van der Waals surface area contributed by atoms with Crippen LogP contribution in [0.2, 0.25) is 0 Å². The van der Waals surface area contributed by atoms with Crippen molar-refractivity contribution in [1.29, 1.82) is 0 Å². The first kappa shape index (κ1) is 23.8. The standard InChI is InChI=1S/C21H23N3O6S2/c1-23(2)32(27,28)16-8-5-14(6-9-16)19(25)22-21-24(11-12-29-3)17-10-7-15(20(26)30-4)13-18(17)31-21/h5-10,13H,11-12H2,1-4H3. The minimum absolute atomic E-state index is 0.0893. The van der Waals surface area contributed by atoms with Gasteiger partial charge in [-0.25, -0.2) is 17.5 Å². The fraction of sp³-hybridized carbons (Fsp3) is 0.286. The lowest BCUT2D eigenvalue weighted by molar-refractivity contribution is 0.0600. The van der Waals surface area contributed by atoms with Crippen molar-refractivity contribution in [3.05, 3.63) is 58.4 Å². The average Bonchev–Trinajstić information content (AvgIpc) is 3.12. The zero-order chi connectivity index (χ0) is 23.5. The first-order valence-corrected chi connectivity index (χ1v) is 11.8. The molecule has 0 fully saturated rings. The van der Waals surface area contributed by atoms with Crippen LogP contribution >= 0.6 is 11.3 Å². The highest BCUT2D eigenvalue weighted by atomic mass is 32.2. The first-order chi connectivity index (χ1) is 15.2. The third kappa shape index (κ3) is 4.80. The number of rotatable bonds is 7. The molecule has 11 heteroatoms. The van der Waals surface area contributed by atoms with Crippen LogP contribution in [0.4, 0.5) is 0 Å². The number of hydrogen-bond donors (Lipinski definition) is 0. The van der Waals surface area contributed by atoms with Gasteiger partial charge >= 0.3 is 5.97 Å². The molecule has 0 spiro atoms. The molecular formula is C21H23N3O6S2. The molecule has 2 aromatic carbocycles. The lowest BCUT2D eigenvalue weighted by atomic mass is 10.2. The van der Waals surface area contributed by atoms with Crippen LogP contribution in [0.15, 0.2) is 52.4 Å². The Hall–Kier alpha value is -2.86. The third-order valence-electron chi connectivity index (χ3n) is 4.70. The number of thiazole rings is 1. The summed E-state index contributed by atoms with van der Waals surface area (Å²) in [7, 11) is 2.18. The molecule has 3 rings (SSSR count). The van der Waals surface area contributed by atoms with Gasteiger partial charge in [-0.1, -0.05) is 11.3 Å². The van der Waals surface area contributed by atoms with E-state index in [1.807, 2.05) is 4.57 Å². The van der Waals surface area contributed by atoms with E-state index in [1.54, 1.807) is 25.3 Å². The van der Waals surface area contributed by atoms with Gasteiger partial charge in [0.2, 0.25) is 10.0 Å². The van der Waals surface area contributed by atoms with Crippen molar-refractivity contribution >= 4 is 43.5 Å². The molecule has 0 N–H and O–H groups in total. The van der Waals surface area contributed by atoms with Crippen LogP contribution in [0.1, 0.15) is 20.7 Å². The summed E-state index contributed by atoms with van der Waals surface area (Å²) in [5, 5.41) is 0. The summed E-state index contributed by atoms with van der Waals surface area (Å²) < 4.78 is 38.1. The van der Waals surface area contributed by atoms with Crippen LogP contribution < -0.4 is 4.80 Å². The minimum Gasteiger partial charge on any atom is -0.465 e. The van der Waals surface area contributed by atoms with Gasteiger partial charge in [-0.05, 0) is 42.5 Å². The number of methoxy groups -OCH3 is 2. The van der Waals surface area contributed by atoms with Gasteiger partial charge in [0.1, 0.15) is 0 Å². The summed E-state index contributed by atoms with van der Waals surface area (Å²) in [5.41, 5.74) is 1.46. The smallest absolute Gasteiger partial charge is 0.337 e. The predicted molar refractivity (Wildman–Crippen MR) is 120 cm³/mol. The second-order valence-electron chi connectivity index (χ2n) is 6.93. The Kier molecular flexibility index (Phi) is 7.24. The van der Waals surface area contributed by atoms with Crippen molar-refractivity contribution in [2.75, 3.05) is 34.9 Å². The maximum atomic E-state index is 12.8.